The summed E-state index contributed by atoms with van der Waals surface area (Å²) in [6.45, 7) is 4.97. The molecule has 0 bridgehead atoms. The Morgan fingerprint density at radius 2 is 1.96 bits per heavy atom. The molecule has 0 saturated heterocycles. The fourth-order valence-electron chi connectivity index (χ4n) is 3.31. The smallest absolute Gasteiger partial charge is 0.269 e. The van der Waals surface area contributed by atoms with Crippen LogP contribution in [-0.4, -0.2) is 28.3 Å². The van der Waals surface area contributed by atoms with Gasteiger partial charge in [0, 0.05) is 30.4 Å². The molecule has 1 N–H and O–H groups in total. The third-order valence-electron chi connectivity index (χ3n) is 5.15. The third-order valence-corrected chi connectivity index (χ3v) is 5.15. The van der Waals surface area contributed by atoms with Crippen LogP contribution in [0.5, 0.6) is 0 Å². The lowest BCUT2D eigenvalue weighted by molar-refractivity contribution is -0.384. The molecule has 6 nitrogen and oxygen atoms in total. The lowest BCUT2D eigenvalue weighted by Gasteiger charge is -2.29. The highest BCUT2D eigenvalue weighted by atomic mass is 16.6. The molecule has 0 heterocycles. The minimum atomic E-state index is -0.433. The first kappa shape index (κ1) is 19.0. The molecular formula is C21H25N3O3. The van der Waals surface area contributed by atoms with Crippen molar-refractivity contribution in [2.24, 2.45) is 5.92 Å². The lowest BCUT2D eigenvalue weighted by atomic mass is 10.1. The number of carbonyl (C=O) groups is 1. The van der Waals surface area contributed by atoms with Crippen LogP contribution in [0, 0.1) is 23.0 Å². The molecule has 0 aliphatic heterocycles. The summed E-state index contributed by atoms with van der Waals surface area (Å²) >= 11 is 0. The largest absolute Gasteiger partial charge is 0.325 e. The van der Waals surface area contributed by atoms with Crippen molar-refractivity contribution >= 4 is 17.3 Å². The zero-order valence-electron chi connectivity index (χ0n) is 15.7. The van der Waals surface area contributed by atoms with Gasteiger partial charge in [-0.15, -0.1) is 0 Å². The van der Waals surface area contributed by atoms with Gasteiger partial charge in [0.15, 0.2) is 0 Å². The minimum absolute atomic E-state index is 0.0264. The van der Waals surface area contributed by atoms with Crippen LogP contribution < -0.4 is 5.32 Å². The molecule has 6 heteroatoms. The van der Waals surface area contributed by atoms with E-state index >= 15 is 0 Å². The fourth-order valence-corrected chi connectivity index (χ4v) is 3.31. The molecule has 1 unspecified atom stereocenters. The van der Waals surface area contributed by atoms with Gasteiger partial charge >= 0.3 is 0 Å². The van der Waals surface area contributed by atoms with Crippen LogP contribution in [0.4, 0.5) is 11.4 Å². The highest BCUT2D eigenvalue weighted by Crippen LogP contribution is 2.35. The Morgan fingerprint density at radius 3 is 2.56 bits per heavy atom. The van der Waals surface area contributed by atoms with Crippen molar-refractivity contribution in [2.75, 3.05) is 11.9 Å². The molecule has 3 rings (SSSR count). The van der Waals surface area contributed by atoms with Crippen LogP contribution in [0.15, 0.2) is 48.5 Å². The molecule has 142 valence electrons. The van der Waals surface area contributed by atoms with Gasteiger partial charge in [0.05, 0.1) is 11.5 Å². The molecule has 1 aliphatic carbocycles. The summed E-state index contributed by atoms with van der Waals surface area (Å²) in [5, 5.41) is 13.8. The van der Waals surface area contributed by atoms with Crippen molar-refractivity contribution in [1.29, 1.82) is 0 Å². The number of amides is 1. The molecule has 0 spiro atoms. The number of anilines is 1. The molecule has 1 amide bonds. The van der Waals surface area contributed by atoms with E-state index in [-0.39, 0.29) is 11.6 Å². The van der Waals surface area contributed by atoms with Gasteiger partial charge in [0.2, 0.25) is 5.91 Å². The van der Waals surface area contributed by atoms with E-state index < -0.39 is 4.92 Å². The van der Waals surface area contributed by atoms with E-state index in [0.717, 1.165) is 6.54 Å². The number of non-ortho nitro benzene ring substituents is 1. The van der Waals surface area contributed by atoms with E-state index in [1.807, 2.05) is 18.2 Å². The Bertz CT molecular complexity index is 819. The van der Waals surface area contributed by atoms with Gasteiger partial charge in [-0.2, -0.15) is 0 Å². The average molecular weight is 367 g/mol. The number of carbonyl (C=O) groups excluding carboxylic acids is 1. The van der Waals surface area contributed by atoms with E-state index in [9.17, 15) is 14.9 Å². The SMILES string of the molecule is Cc1cc([N+](=O)[O-])ccc1NC(=O)CN(Cc1ccccc1)C(C)C1CC1. The first-order valence-corrected chi connectivity index (χ1v) is 9.27. The quantitative estimate of drug-likeness (QED) is 0.562. The Labute approximate surface area is 159 Å². The van der Waals surface area contributed by atoms with E-state index in [1.165, 1.54) is 30.5 Å². The number of nitro groups is 1. The molecule has 1 aliphatic rings. The summed E-state index contributed by atoms with van der Waals surface area (Å²) in [7, 11) is 0. The highest BCUT2D eigenvalue weighted by Gasteiger charge is 2.32. The molecular weight excluding hydrogens is 342 g/mol. The van der Waals surface area contributed by atoms with Gasteiger partial charge in [0.1, 0.15) is 0 Å². The number of hydrogen-bond donors (Lipinski definition) is 1. The normalized spacial score (nSPS) is 14.8. The third kappa shape index (κ3) is 5.14. The first-order chi connectivity index (χ1) is 12.9. The van der Waals surface area contributed by atoms with Crippen molar-refractivity contribution in [3.05, 3.63) is 69.8 Å². The Balaban J connectivity index is 1.67. The van der Waals surface area contributed by atoms with Crippen LogP contribution in [0.25, 0.3) is 0 Å². The summed E-state index contributed by atoms with van der Waals surface area (Å²) in [5.74, 6) is 0.554. The van der Waals surface area contributed by atoms with Gasteiger partial charge in [-0.1, -0.05) is 30.3 Å². The van der Waals surface area contributed by atoms with Gasteiger partial charge in [0.25, 0.3) is 5.69 Å². The molecule has 1 saturated carbocycles. The van der Waals surface area contributed by atoms with E-state index in [2.05, 4.69) is 29.3 Å². The molecule has 0 radical (unpaired) electrons. The number of nitrogens with one attached hydrogen (secondary N) is 1. The van der Waals surface area contributed by atoms with Gasteiger partial charge in [-0.3, -0.25) is 19.8 Å². The Morgan fingerprint density at radius 1 is 1.26 bits per heavy atom. The van der Waals surface area contributed by atoms with Crippen molar-refractivity contribution < 1.29 is 9.72 Å². The molecule has 2 aromatic carbocycles. The Hall–Kier alpha value is -2.73. The monoisotopic (exact) mass is 367 g/mol. The van der Waals surface area contributed by atoms with Crippen LogP contribution in [0.1, 0.15) is 30.9 Å². The summed E-state index contributed by atoms with van der Waals surface area (Å²) in [4.78, 5) is 25.3. The zero-order chi connectivity index (χ0) is 19.4. The van der Waals surface area contributed by atoms with Crippen molar-refractivity contribution in [2.45, 2.75) is 39.3 Å². The number of nitro benzene ring substituents is 1. The van der Waals surface area contributed by atoms with Crippen molar-refractivity contribution in [3.63, 3.8) is 0 Å². The number of hydrogen-bond acceptors (Lipinski definition) is 4. The predicted octanol–water partition coefficient (Wildman–Crippen LogP) is 4.14. The topological polar surface area (TPSA) is 75.5 Å². The predicted molar refractivity (Wildman–Crippen MR) is 106 cm³/mol. The van der Waals surface area contributed by atoms with Gasteiger partial charge in [-0.05, 0) is 49.8 Å². The standard InChI is InChI=1S/C21H25N3O3/c1-15-12-19(24(26)27)10-11-20(15)22-21(25)14-23(16(2)18-8-9-18)13-17-6-4-3-5-7-17/h3-7,10-12,16,18H,8-9,13-14H2,1-2H3,(H,22,25). The molecule has 0 aromatic heterocycles. The Kier molecular flexibility index (Phi) is 5.86. The second-order valence-corrected chi connectivity index (χ2v) is 7.27. The minimum Gasteiger partial charge on any atom is -0.325 e. The average Bonchev–Trinajstić information content (AvgIpc) is 3.48. The van der Waals surface area contributed by atoms with E-state index in [4.69, 9.17) is 0 Å². The first-order valence-electron chi connectivity index (χ1n) is 9.27. The number of aryl methyl sites for hydroxylation is 1. The molecule has 2 aromatic rings. The van der Waals surface area contributed by atoms with E-state index in [1.54, 1.807) is 13.0 Å². The zero-order valence-corrected chi connectivity index (χ0v) is 15.7. The molecule has 1 fully saturated rings. The van der Waals surface area contributed by atoms with Crippen LogP contribution in [0.3, 0.4) is 0 Å². The maximum atomic E-state index is 12.6. The van der Waals surface area contributed by atoms with Crippen molar-refractivity contribution in [1.82, 2.24) is 4.90 Å². The second kappa shape index (κ2) is 8.31. The van der Waals surface area contributed by atoms with Crippen LogP contribution in [0.2, 0.25) is 0 Å². The van der Waals surface area contributed by atoms with Crippen LogP contribution in [-0.2, 0) is 11.3 Å². The van der Waals surface area contributed by atoms with Crippen molar-refractivity contribution in [3.8, 4) is 0 Å². The summed E-state index contributed by atoms with van der Waals surface area (Å²) in [5.41, 5.74) is 2.51. The number of nitrogens with zero attached hydrogens (tertiary/aromatic N) is 2. The maximum Gasteiger partial charge on any atom is 0.269 e. The molecule has 1 atom stereocenters. The fraction of sp³-hybridized carbons (Fsp3) is 0.381. The summed E-state index contributed by atoms with van der Waals surface area (Å²) in [6, 6.07) is 15.0. The lowest BCUT2D eigenvalue weighted by Crippen LogP contribution is -2.40. The molecule has 27 heavy (non-hydrogen) atoms. The maximum absolute atomic E-state index is 12.6. The number of rotatable bonds is 8. The second-order valence-electron chi connectivity index (χ2n) is 7.27. The van der Waals surface area contributed by atoms with Crippen LogP contribution >= 0.6 is 0 Å². The number of benzene rings is 2. The summed E-state index contributed by atoms with van der Waals surface area (Å²) < 4.78 is 0. The summed E-state index contributed by atoms with van der Waals surface area (Å²) in [6.07, 6.45) is 2.44. The highest BCUT2D eigenvalue weighted by molar-refractivity contribution is 5.93. The van der Waals surface area contributed by atoms with E-state index in [0.29, 0.717) is 29.8 Å². The van der Waals surface area contributed by atoms with Gasteiger partial charge < -0.3 is 5.32 Å². The van der Waals surface area contributed by atoms with Gasteiger partial charge in [-0.25, -0.2) is 0 Å².